The summed E-state index contributed by atoms with van der Waals surface area (Å²) in [7, 11) is 3.30. The molecule has 35 heavy (non-hydrogen) atoms. The zero-order valence-electron chi connectivity index (χ0n) is 19.8. The van der Waals surface area contributed by atoms with Gasteiger partial charge < -0.3 is 9.64 Å². The number of fused-ring (bicyclic) bond motifs is 1. The molecule has 182 valence electrons. The molecule has 2 aromatic carbocycles. The van der Waals surface area contributed by atoms with E-state index in [1.165, 1.54) is 12.7 Å². The number of rotatable bonds is 5. The Hall–Kier alpha value is -2.83. The molecule has 1 amide bonds. The van der Waals surface area contributed by atoms with Crippen molar-refractivity contribution in [2.75, 3.05) is 13.7 Å². The van der Waals surface area contributed by atoms with Crippen LogP contribution in [0.3, 0.4) is 0 Å². The zero-order chi connectivity index (χ0) is 24.7. The molecule has 1 aromatic heterocycles. The number of halogens is 2. The number of carbonyl (C=O) groups excluding carboxylic acids is 2. The second-order valence-corrected chi connectivity index (χ2v) is 10.2. The summed E-state index contributed by atoms with van der Waals surface area (Å²) in [5.74, 6) is -0.310. The van der Waals surface area contributed by atoms with Gasteiger partial charge in [-0.15, -0.1) is 0 Å². The summed E-state index contributed by atoms with van der Waals surface area (Å²) in [6.07, 6.45) is 6.14. The van der Waals surface area contributed by atoms with Gasteiger partial charge in [-0.05, 0) is 78.6 Å². The summed E-state index contributed by atoms with van der Waals surface area (Å²) in [5.41, 5.74) is 5.44. The van der Waals surface area contributed by atoms with Crippen molar-refractivity contribution in [3.05, 3.63) is 75.0 Å². The molecule has 0 bridgehead atoms. The number of aromatic nitrogens is 2. The maximum Gasteiger partial charge on any atom is 0.337 e. The molecule has 1 aliphatic heterocycles. The van der Waals surface area contributed by atoms with Gasteiger partial charge in [0.15, 0.2) is 0 Å². The normalized spacial score (nSPS) is 19.7. The van der Waals surface area contributed by atoms with Crippen molar-refractivity contribution in [2.45, 2.75) is 38.1 Å². The first kappa shape index (κ1) is 23.9. The number of benzene rings is 2. The molecular formula is C27H27Cl2N3O3. The third-order valence-corrected chi connectivity index (χ3v) is 7.86. The largest absolute Gasteiger partial charge is 0.465 e. The highest BCUT2D eigenvalue weighted by Crippen LogP contribution is 2.36. The molecule has 5 rings (SSSR count). The van der Waals surface area contributed by atoms with Crippen LogP contribution in [0.4, 0.5) is 0 Å². The van der Waals surface area contributed by atoms with Gasteiger partial charge in [0.1, 0.15) is 0 Å². The van der Waals surface area contributed by atoms with Crippen molar-refractivity contribution in [2.24, 2.45) is 13.0 Å². The standard InChI is InChI=1S/C27H27Cl2N3O3/c1-31-15-20-11-21(7-8-25(20)30-31)32-10-9-18(26(32)33)12-22-23(28)13-19(14-24(22)29)16-3-5-17(6-4-16)27(34)35-2/h3-6,13-15,18,21H,7-12H2,1-2H3. The van der Waals surface area contributed by atoms with Crippen LogP contribution < -0.4 is 0 Å². The Bertz CT molecular complexity index is 1260. The minimum absolute atomic E-state index is 0.120. The van der Waals surface area contributed by atoms with Gasteiger partial charge in [-0.3, -0.25) is 9.48 Å². The molecule has 0 saturated carbocycles. The molecule has 0 N–H and O–H groups in total. The predicted molar refractivity (Wildman–Crippen MR) is 136 cm³/mol. The average molecular weight is 512 g/mol. The van der Waals surface area contributed by atoms with E-state index in [0.717, 1.165) is 54.6 Å². The zero-order valence-corrected chi connectivity index (χ0v) is 21.3. The third-order valence-electron chi connectivity index (χ3n) is 7.18. The van der Waals surface area contributed by atoms with Gasteiger partial charge in [0, 0.05) is 41.8 Å². The van der Waals surface area contributed by atoms with Gasteiger partial charge in [-0.25, -0.2) is 4.79 Å². The van der Waals surface area contributed by atoms with Crippen LogP contribution in [0.2, 0.25) is 10.0 Å². The van der Waals surface area contributed by atoms with Crippen LogP contribution in [0.15, 0.2) is 42.6 Å². The smallest absolute Gasteiger partial charge is 0.337 e. The molecule has 2 heterocycles. The fourth-order valence-corrected chi connectivity index (χ4v) is 5.97. The van der Waals surface area contributed by atoms with Crippen molar-refractivity contribution in [1.82, 2.24) is 14.7 Å². The molecule has 2 atom stereocenters. The topological polar surface area (TPSA) is 64.4 Å². The Kier molecular flexibility index (Phi) is 6.60. The molecule has 8 heteroatoms. The quantitative estimate of drug-likeness (QED) is 0.445. The lowest BCUT2D eigenvalue weighted by atomic mass is 9.92. The van der Waals surface area contributed by atoms with Gasteiger partial charge in [0.05, 0.1) is 18.4 Å². The number of nitrogens with zero attached hydrogens (tertiary/aromatic N) is 3. The van der Waals surface area contributed by atoms with E-state index in [4.69, 9.17) is 27.9 Å². The lowest BCUT2D eigenvalue weighted by molar-refractivity contribution is -0.133. The summed E-state index contributed by atoms with van der Waals surface area (Å²) in [6.45, 7) is 0.767. The second-order valence-electron chi connectivity index (χ2n) is 9.38. The van der Waals surface area contributed by atoms with E-state index in [1.807, 2.05) is 36.0 Å². The van der Waals surface area contributed by atoms with E-state index in [0.29, 0.717) is 22.0 Å². The summed E-state index contributed by atoms with van der Waals surface area (Å²) in [4.78, 5) is 27.1. The highest BCUT2D eigenvalue weighted by molar-refractivity contribution is 6.36. The summed E-state index contributed by atoms with van der Waals surface area (Å²) in [5, 5.41) is 5.63. The van der Waals surface area contributed by atoms with E-state index in [2.05, 4.69) is 16.2 Å². The minimum atomic E-state index is -0.382. The second kappa shape index (κ2) is 9.67. The molecule has 2 unspecified atom stereocenters. The highest BCUT2D eigenvalue weighted by Gasteiger charge is 2.38. The van der Waals surface area contributed by atoms with Crippen molar-refractivity contribution in [1.29, 1.82) is 0 Å². The van der Waals surface area contributed by atoms with Crippen LogP contribution in [0, 0.1) is 5.92 Å². The van der Waals surface area contributed by atoms with Crippen molar-refractivity contribution in [3.8, 4) is 11.1 Å². The van der Waals surface area contributed by atoms with Crippen molar-refractivity contribution < 1.29 is 14.3 Å². The van der Waals surface area contributed by atoms with E-state index < -0.39 is 0 Å². The maximum atomic E-state index is 13.3. The molecule has 1 saturated heterocycles. The van der Waals surface area contributed by atoms with Gasteiger partial charge in [0.25, 0.3) is 0 Å². The van der Waals surface area contributed by atoms with Crippen molar-refractivity contribution >= 4 is 35.1 Å². The van der Waals surface area contributed by atoms with Gasteiger partial charge >= 0.3 is 5.97 Å². The minimum Gasteiger partial charge on any atom is -0.465 e. The van der Waals surface area contributed by atoms with Gasteiger partial charge in [-0.1, -0.05) is 35.3 Å². The van der Waals surface area contributed by atoms with Crippen LogP contribution in [0.25, 0.3) is 11.1 Å². The number of hydrogen-bond donors (Lipinski definition) is 0. The number of amides is 1. The Morgan fingerprint density at radius 3 is 2.51 bits per heavy atom. The molecule has 2 aliphatic rings. The van der Waals surface area contributed by atoms with Crippen LogP contribution >= 0.6 is 23.2 Å². The number of methoxy groups -OCH3 is 1. The van der Waals surface area contributed by atoms with Crippen molar-refractivity contribution in [3.63, 3.8) is 0 Å². The first-order chi connectivity index (χ1) is 16.8. The first-order valence-electron chi connectivity index (χ1n) is 11.8. The maximum absolute atomic E-state index is 13.3. The summed E-state index contributed by atoms with van der Waals surface area (Å²) in [6, 6.07) is 11.1. The Morgan fingerprint density at radius 2 is 1.83 bits per heavy atom. The Morgan fingerprint density at radius 1 is 1.11 bits per heavy atom. The van der Waals surface area contributed by atoms with Crippen LogP contribution in [-0.2, 0) is 35.8 Å². The fourth-order valence-electron chi connectivity index (χ4n) is 5.33. The molecular weight excluding hydrogens is 485 g/mol. The van der Waals surface area contributed by atoms with E-state index in [1.54, 1.807) is 12.1 Å². The predicted octanol–water partition coefficient (Wildman–Crippen LogP) is 5.13. The number of esters is 1. The number of carbonyl (C=O) groups is 2. The van der Waals surface area contributed by atoms with E-state index in [9.17, 15) is 9.59 Å². The van der Waals surface area contributed by atoms with Gasteiger partial charge in [0.2, 0.25) is 5.91 Å². The van der Waals surface area contributed by atoms with Gasteiger partial charge in [-0.2, -0.15) is 5.10 Å². The molecule has 1 aliphatic carbocycles. The number of aryl methyl sites for hydroxylation is 2. The third kappa shape index (κ3) is 4.69. The average Bonchev–Trinajstić information content (AvgIpc) is 3.41. The molecule has 0 radical (unpaired) electrons. The molecule has 3 aromatic rings. The van der Waals surface area contributed by atoms with Crippen LogP contribution in [0.5, 0.6) is 0 Å². The van der Waals surface area contributed by atoms with Crippen LogP contribution in [-0.4, -0.2) is 46.3 Å². The highest BCUT2D eigenvalue weighted by atomic mass is 35.5. The van der Waals surface area contributed by atoms with E-state index in [-0.39, 0.29) is 23.8 Å². The number of ether oxygens (including phenoxy) is 1. The monoisotopic (exact) mass is 511 g/mol. The number of hydrogen-bond acceptors (Lipinski definition) is 4. The lowest BCUT2D eigenvalue weighted by Crippen LogP contribution is -2.41. The Balaban J connectivity index is 1.29. The first-order valence-corrected chi connectivity index (χ1v) is 12.6. The Labute approximate surface area is 214 Å². The van der Waals surface area contributed by atoms with Crippen LogP contribution in [0.1, 0.15) is 40.0 Å². The summed E-state index contributed by atoms with van der Waals surface area (Å²) >= 11 is 13.3. The summed E-state index contributed by atoms with van der Waals surface area (Å²) < 4.78 is 6.62. The SMILES string of the molecule is COC(=O)c1ccc(-c2cc(Cl)c(CC3CCN(C4CCc5nn(C)cc5C4)C3=O)c(Cl)c2)cc1. The fraction of sp³-hybridized carbons (Fsp3) is 0.370. The number of likely N-dealkylation sites (tertiary alicyclic amines) is 1. The van der Waals surface area contributed by atoms with E-state index >= 15 is 0 Å². The molecule has 6 nitrogen and oxygen atoms in total. The lowest BCUT2D eigenvalue weighted by Gasteiger charge is -2.31. The molecule has 0 spiro atoms. The molecule has 1 fully saturated rings.